The fourth-order valence-corrected chi connectivity index (χ4v) is 2.02. The smallest absolute Gasteiger partial charge is 0.328 e. The molecule has 2 amide bonds. The summed E-state index contributed by atoms with van der Waals surface area (Å²) in [6.07, 6.45) is 2.61. The Morgan fingerprint density at radius 3 is 2.83 bits per heavy atom. The third-order valence-electron chi connectivity index (χ3n) is 1.94. The summed E-state index contributed by atoms with van der Waals surface area (Å²) in [5, 5.41) is 15.8. The topological polar surface area (TPSA) is 78.4 Å². The molecule has 0 unspecified atom stereocenters. The Kier molecular flexibility index (Phi) is 5.38. The normalized spacial score (nSPS) is 10.8. The molecule has 0 aromatic carbocycles. The summed E-state index contributed by atoms with van der Waals surface area (Å²) in [6, 6.07) is 1.74. The van der Waals surface area contributed by atoms with E-state index in [0.717, 1.165) is 16.5 Å². The summed E-state index contributed by atoms with van der Waals surface area (Å²) in [5.74, 6) is -0.975. The lowest BCUT2D eigenvalue weighted by Gasteiger charge is -2.08. The average molecular weight is 268 g/mol. The lowest BCUT2D eigenvalue weighted by molar-refractivity contribution is -0.131. The molecule has 0 spiro atoms. The number of carbonyl (C=O) groups is 2. The van der Waals surface area contributed by atoms with E-state index >= 15 is 0 Å². The molecule has 0 aliphatic heterocycles. The number of amides is 2. The van der Waals surface area contributed by atoms with E-state index in [1.54, 1.807) is 0 Å². The summed E-state index contributed by atoms with van der Waals surface area (Å²) in [5.41, 5.74) is 0.823. The third-order valence-corrected chi connectivity index (χ3v) is 2.89. The van der Waals surface area contributed by atoms with Crippen LogP contribution in [0.15, 0.2) is 17.5 Å². The van der Waals surface area contributed by atoms with Crippen LogP contribution in [0.25, 0.3) is 6.08 Å². The zero-order chi connectivity index (χ0) is 13.5. The van der Waals surface area contributed by atoms with Gasteiger partial charge >= 0.3 is 12.0 Å². The maximum atomic E-state index is 11.3. The van der Waals surface area contributed by atoms with Gasteiger partial charge in [0.2, 0.25) is 0 Å². The predicted molar refractivity (Wildman–Crippen MR) is 71.5 cm³/mol. The van der Waals surface area contributed by atoms with E-state index in [-0.39, 0.29) is 12.1 Å². The van der Waals surface area contributed by atoms with Gasteiger partial charge in [-0.1, -0.05) is 0 Å². The molecule has 0 atom stereocenters. The SMILES string of the molecule is CC(C)NC(=O)NCc1cc(C=CC(=O)O)cs1. The largest absolute Gasteiger partial charge is 0.478 e. The van der Waals surface area contributed by atoms with Crippen molar-refractivity contribution in [1.82, 2.24) is 10.6 Å². The standard InChI is InChI=1S/C12H16N2O3S/c1-8(2)14-12(17)13-6-10-5-9(7-18-10)3-4-11(15)16/h3-5,7-8H,6H2,1-2H3,(H,15,16)(H2,13,14,17). The predicted octanol–water partition coefficient (Wildman–Crippen LogP) is 2.05. The number of thiophene rings is 1. The Morgan fingerprint density at radius 1 is 1.50 bits per heavy atom. The number of hydrogen-bond acceptors (Lipinski definition) is 3. The molecule has 1 heterocycles. The van der Waals surface area contributed by atoms with E-state index in [2.05, 4.69) is 10.6 Å². The fourth-order valence-electron chi connectivity index (χ4n) is 1.23. The van der Waals surface area contributed by atoms with Crippen molar-refractivity contribution in [3.8, 4) is 0 Å². The zero-order valence-corrected chi connectivity index (χ0v) is 11.1. The third kappa shape index (κ3) is 5.49. The highest BCUT2D eigenvalue weighted by molar-refractivity contribution is 7.10. The first-order chi connectivity index (χ1) is 8.47. The van der Waals surface area contributed by atoms with E-state index in [9.17, 15) is 9.59 Å². The molecule has 0 saturated heterocycles. The first kappa shape index (κ1) is 14.2. The minimum absolute atomic E-state index is 0.0994. The van der Waals surface area contributed by atoms with Crippen molar-refractivity contribution >= 4 is 29.4 Å². The lowest BCUT2D eigenvalue weighted by atomic mass is 10.3. The first-order valence-electron chi connectivity index (χ1n) is 5.50. The van der Waals surface area contributed by atoms with Gasteiger partial charge in [-0.25, -0.2) is 9.59 Å². The minimum Gasteiger partial charge on any atom is -0.478 e. The number of rotatable bonds is 5. The van der Waals surface area contributed by atoms with Crippen molar-refractivity contribution in [2.75, 3.05) is 0 Å². The molecule has 0 radical (unpaired) electrons. The van der Waals surface area contributed by atoms with Gasteiger partial charge in [-0.15, -0.1) is 11.3 Å². The highest BCUT2D eigenvalue weighted by Crippen LogP contribution is 2.15. The van der Waals surface area contributed by atoms with E-state index < -0.39 is 5.97 Å². The van der Waals surface area contributed by atoms with Crippen LogP contribution in [0, 0.1) is 0 Å². The number of carboxylic acid groups (broad SMARTS) is 1. The molecular formula is C12H16N2O3S. The molecule has 1 aromatic rings. The van der Waals surface area contributed by atoms with Crippen molar-refractivity contribution in [1.29, 1.82) is 0 Å². The van der Waals surface area contributed by atoms with Crippen LogP contribution < -0.4 is 10.6 Å². The second kappa shape index (κ2) is 6.80. The quantitative estimate of drug-likeness (QED) is 0.715. The van der Waals surface area contributed by atoms with Gasteiger partial charge in [0.15, 0.2) is 0 Å². The number of carbonyl (C=O) groups excluding carboxylic acids is 1. The van der Waals surface area contributed by atoms with Crippen molar-refractivity contribution in [3.05, 3.63) is 28.0 Å². The number of carboxylic acids is 1. The van der Waals surface area contributed by atoms with Crippen molar-refractivity contribution in [2.45, 2.75) is 26.4 Å². The molecule has 0 aliphatic carbocycles. The molecule has 0 fully saturated rings. The average Bonchev–Trinajstić information content (AvgIpc) is 2.70. The molecular weight excluding hydrogens is 252 g/mol. The van der Waals surface area contributed by atoms with Crippen molar-refractivity contribution in [2.24, 2.45) is 0 Å². The second-order valence-electron chi connectivity index (χ2n) is 4.00. The van der Waals surface area contributed by atoms with Gasteiger partial charge in [0.05, 0.1) is 6.54 Å². The Hall–Kier alpha value is -1.82. The number of nitrogens with one attached hydrogen (secondary N) is 2. The molecule has 3 N–H and O–H groups in total. The molecule has 6 heteroatoms. The molecule has 1 rings (SSSR count). The molecule has 1 aromatic heterocycles. The van der Waals surface area contributed by atoms with Crippen LogP contribution in [-0.4, -0.2) is 23.1 Å². The first-order valence-corrected chi connectivity index (χ1v) is 6.38. The summed E-state index contributed by atoms with van der Waals surface area (Å²) in [7, 11) is 0. The monoisotopic (exact) mass is 268 g/mol. The van der Waals surface area contributed by atoms with Crippen LogP contribution in [0.4, 0.5) is 4.79 Å². The van der Waals surface area contributed by atoms with E-state index in [1.165, 1.54) is 17.4 Å². The maximum absolute atomic E-state index is 11.3. The van der Waals surface area contributed by atoms with Gasteiger partial charge in [0.1, 0.15) is 0 Å². The van der Waals surface area contributed by atoms with Crippen LogP contribution in [0.2, 0.25) is 0 Å². The highest BCUT2D eigenvalue weighted by Gasteiger charge is 2.03. The Morgan fingerprint density at radius 2 is 2.22 bits per heavy atom. The van der Waals surface area contributed by atoms with Crippen LogP contribution in [0.5, 0.6) is 0 Å². The number of aliphatic carboxylic acids is 1. The van der Waals surface area contributed by atoms with Gasteiger partial charge in [-0.3, -0.25) is 0 Å². The van der Waals surface area contributed by atoms with Gasteiger partial charge in [0, 0.05) is 17.0 Å². The zero-order valence-electron chi connectivity index (χ0n) is 10.3. The Balaban J connectivity index is 2.44. The van der Waals surface area contributed by atoms with Crippen molar-refractivity contribution in [3.63, 3.8) is 0 Å². The molecule has 0 saturated carbocycles. The van der Waals surface area contributed by atoms with Gasteiger partial charge in [-0.05, 0) is 36.9 Å². The maximum Gasteiger partial charge on any atom is 0.328 e. The van der Waals surface area contributed by atoms with Crippen LogP contribution in [0.3, 0.4) is 0 Å². The molecule has 0 bridgehead atoms. The fraction of sp³-hybridized carbons (Fsp3) is 0.333. The van der Waals surface area contributed by atoms with E-state index in [4.69, 9.17) is 5.11 Å². The molecule has 0 aliphatic rings. The van der Waals surface area contributed by atoms with Crippen LogP contribution >= 0.6 is 11.3 Å². The van der Waals surface area contributed by atoms with E-state index in [1.807, 2.05) is 25.3 Å². The number of urea groups is 1. The van der Waals surface area contributed by atoms with E-state index in [0.29, 0.717) is 6.54 Å². The minimum atomic E-state index is -0.975. The highest BCUT2D eigenvalue weighted by atomic mass is 32.1. The van der Waals surface area contributed by atoms with Gasteiger partial charge in [0.25, 0.3) is 0 Å². The van der Waals surface area contributed by atoms with Gasteiger partial charge in [-0.2, -0.15) is 0 Å². The lowest BCUT2D eigenvalue weighted by Crippen LogP contribution is -2.38. The summed E-state index contributed by atoms with van der Waals surface area (Å²) in [6.45, 7) is 4.21. The summed E-state index contributed by atoms with van der Waals surface area (Å²) < 4.78 is 0. The van der Waals surface area contributed by atoms with Crippen LogP contribution in [0.1, 0.15) is 24.3 Å². The summed E-state index contributed by atoms with van der Waals surface area (Å²) in [4.78, 5) is 22.7. The molecule has 18 heavy (non-hydrogen) atoms. The van der Waals surface area contributed by atoms with Crippen molar-refractivity contribution < 1.29 is 14.7 Å². The molecule has 98 valence electrons. The van der Waals surface area contributed by atoms with Crippen LogP contribution in [-0.2, 0) is 11.3 Å². The Labute approximate surface area is 110 Å². The number of hydrogen-bond donors (Lipinski definition) is 3. The van der Waals surface area contributed by atoms with Gasteiger partial charge < -0.3 is 15.7 Å². The Bertz CT molecular complexity index is 452. The molecule has 5 nitrogen and oxygen atoms in total. The summed E-state index contributed by atoms with van der Waals surface area (Å²) >= 11 is 1.48. The second-order valence-corrected chi connectivity index (χ2v) is 5.00.